The Balaban J connectivity index is 1.62. The zero-order valence-electron chi connectivity index (χ0n) is 14.4. The Hall–Kier alpha value is -3.44. The monoisotopic (exact) mass is 337 g/mol. The number of hydrogen-bond donors (Lipinski definition) is 2. The van der Waals surface area contributed by atoms with Gasteiger partial charge in [-0.3, -0.25) is 0 Å². The molecule has 1 heterocycles. The molecule has 0 radical (unpaired) electrons. The minimum Gasteiger partial charge on any atom is -0.508 e. The van der Waals surface area contributed by atoms with Gasteiger partial charge in [0, 0.05) is 30.3 Å². The van der Waals surface area contributed by atoms with E-state index < -0.39 is 0 Å². The van der Waals surface area contributed by atoms with Gasteiger partial charge in [-0.05, 0) is 58.3 Å². The number of nitrogens with one attached hydrogen (secondary N) is 1. The van der Waals surface area contributed by atoms with Crippen LogP contribution >= 0.6 is 0 Å². The van der Waals surface area contributed by atoms with E-state index in [1.807, 2.05) is 54.7 Å². The van der Waals surface area contributed by atoms with Gasteiger partial charge in [0.15, 0.2) is 0 Å². The Morgan fingerprint density at radius 2 is 1.73 bits per heavy atom. The van der Waals surface area contributed by atoms with E-state index in [0.717, 1.165) is 27.6 Å². The van der Waals surface area contributed by atoms with Gasteiger partial charge in [0.1, 0.15) is 5.75 Å². The number of H-pyrrole nitrogens is 1. The highest BCUT2D eigenvalue weighted by molar-refractivity contribution is 5.86. The smallest absolute Gasteiger partial charge is 0.119 e. The van der Waals surface area contributed by atoms with Crippen LogP contribution in [0.3, 0.4) is 0 Å². The first-order chi connectivity index (χ1) is 12.8. The molecule has 0 bridgehead atoms. The molecule has 0 amide bonds. The largest absolute Gasteiger partial charge is 0.508 e. The van der Waals surface area contributed by atoms with Gasteiger partial charge in [0.05, 0.1) is 0 Å². The van der Waals surface area contributed by atoms with E-state index in [2.05, 4.69) is 41.1 Å². The summed E-state index contributed by atoms with van der Waals surface area (Å²) >= 11 is 0. The molecule has 0 aliphatic carbocycles. The number of rotatable bonds is 3. The molecule has 0 unspecified atom stereocenters. The summed E-state index contributed by atoms with van der Waals surface area (Å²) in [5.74, 6) is 6.77. The highest BCUT2D eigenvalue weighted by Gasteiger charge is 2.06. The number of fused-ring (bicyclic) bond motifs is 1. The fourth-order valence-corrected chi connectivity index (χ4v) is 3.09. The lowest BCUT2D eigenvalue weighted by atomic mass is 9.99. The Kier molecular flexibility index (Phi) is 4.45. The molecular formula is C24H19NO. The minimum absolute atomic E-state index is 0.340. The molecule has 0 saturated carbocycles. The molecule has 0 atom stereocenters. The van der Waals surface area contributed by atoms with Gasteiger partial charge in [0.25, 0.3) is 0 Å². The zero-order valence-corrected chi connectivity index (χ0v) is 14.4. The van der Waals surface area contributed by atoms with Gasteiger partial charge < -0.3 is 10.1 Å². The second kappa shape index (κ2) is 7.21. The van der Waals surface area contributed by atoms with Crippen LogP contribution in [0.2, 0.25) is 0 Å². The highest BCUT2D eigenvalue weighted by atomic mass is 16.3. The summed E-state index contributed by atoms with van der Waals surface area (Å²) in [6.45, 7) is 0. The maximum Gasteiger partial charge on any atom is 0.119 e. The van der Waals surface area contributed by atoms with Crippen LogP contribution in [0.15, 0.2) is 79.0 Å². The van der Waals surface area contributed by atoms with Crippen molar-refractivity contribution in [2.75, 3.05) is 0 Å². The Morgan fingerprint density at radius 1 is 0.846 bits per heavy atom. The fourth-order valence-electron chi connectivity index (χ4n) is 3.09. The summed E-state index contributed by atoms with van der Waals surface area (Å²) in [5, 5.41) is 12.5. The number of benzene rings is 3. The van der Waals surface area contributed by atoms with Crippen LogP contribution in [-0.2, 0) is 12.8 Å². The lowest BCUT2D eigenvalue weighted by Crippen LogP contribution is -1.89. The van der Waals surface area contributed by atoms with Crippen molar-refractivity contribution >= 4 is 10.8 Å². The first-order valence-corrected chi connectivity index (χ1v) is 8.69. The van der Waals surface area contributed by atoms with Crippen LogP contribution in [0.5, 0.6) is 5.75 Å². The number of phenols is 1. The van der Waals surface area contributed by atoms with Crippen LogP contribution in [-0.4, -0.2) is 10.1 Å². The van der Waals surface area contributed by atoms with E-state index in [1.165, 1.54) is 5.56 Å². The van der Waals surface area contributed by atoms with Crippen LogP contribution in [0.1, 0.15) is 22.4 Å². The average molecular weight is 337 g/mol. The Labute approximate surface area is 153 Å². The van der Waals surface area contributed by atoms with Crippen LogP contribution in [0, 0.1) is 11.8 Å². The standard InChI is InChI=1S/C24H19NO/c26-24-17-20-12-11-19(8-4-9-23-10-5-13-25-23)14-21(20)16-22(24)15-18-6-2-1-3-7-18/h1-3,5-7,10-14,16-17,25-26H,9,15H2. The van der Waals surface area contributed by atoms with E-state index >= 15 is 0 Å². The molecule has 4 rings (SSSR count). The Bertz CT molecular complexity index is 1080. The third-order valence-corrected chi connectivity index (χ3v) is 4.45. The topological polar surface area (TPSA) is 36.0 Å². The van der Waals surface area contributed by atoms with E-state index in [0.29, 0.717) is 18.6 Å². The van der Waals surface area contributed by atoms with Crippen molar-refractivity contribution < 1.29 is 5.11 Å². The van der Waals surface area contributed by atoms with Gasteiger partial charge in [0.2, 0.25) is 0 Å². The van der Waals surface area contributed by atoms with Gasteiger partial charge in [-0.25, -0.2) is 0 Å². The number of aromatic hydroxyl groups is 1. The quantitative estimate of drug-likeness (QED) is 0.504. The molecule has 0 spiro atoms. The molecule has 0 aliphatic heterocycles. The summed E-state index contributed by atoms with van der Waals surface area (Å²) < 4.78 is 0. The van der Waals surface area contributed by atoms with E-state index in [-0.39, 0.29) is 0 Å². The lowest BCUT2D eigenvalue weighted by molar-refractivity contribution is 0.470. The minimum atomic E-state index is 0.340. The predicted octanol–water partition coefficient (Wildman–Crippen LogP) is 5.06. The summed E-state index contributed by atoms with van der Waals surface area (Å²) in [6.07, 6.45) is 3.33. The number of aromatic nitrogens is 1. The number of aromatic amines is 1. The number of phenolic OH excluding ortho intramolecular Hbond substituents is 1. The van der Waals surface area contributed by atoms with Crippen molar-refractivity contribution in [3.63, 3.8) is 0 Å². The summed E-state index contributed by atoms with van der Waals surface area (Å²) in [4.78, 5) is 3.16. The van der Waals surface area contributed by atoms with E-state index in [4.69, 9.17) is 0 Å². The second-order valence-electron chi connectivity index (χ2n) is 6.38. The van der Waals surface area contributed by atoms with Crippen molar-refractivity contribution in [3.05, 3.63) is 101 Å². The molecule has 1 aromatic heterocycles. The summed E-state index contributed by atoms with van der Waals surface area (Å²) in [7, 11) is 0. The maximum atomic E-state index is 10.4. The molecule has 0 saturated heterocycles. The normalized spacial score (nSPS) is 10.5. The van der Waals surface area contributed by atoms with Crippen LogP contribution < -0.4 is 0 Å². The summed E-state index contributed by atoms with van der Waals surface area (Å²) in [5.41, 5.74) is 4.22. The number of hydrogen-bond acceptors (Lipinski definition) is 1. The van der Waals surface area contributed by atoms with Crippen molar-refractivity contribution in [2.24, 2.45) is 0 Å². The molecule has 2 N–H and O–H groups in total. The highest BCUT2D eigenvalue weighted by Crippen LogP contribution is 2.27. The molecule has 0 aliphatic rings. The maximum absolute atomic E-state index is 10.4. The molecule has 26 heavy (non-hydrogen) atoms. The third kappa shape index (κ3) is 3.63. The predicted molar refractivity (Wildman–Crippen MR) is 106 cm³/mol. The molecular weight excluding hydrogens is 318 g/mol. The molecule has 2 nitrogen and oxygen atoms in total. The second-order valence-corrected chi connectivity index (χ2v) is 6.38. The SMILES string of the molecule is Oc1cc2ccc(C#CCc3ccc[nH]3)cc2cc1Cc1ccccc1. The molecule has 0 fully saturated rings. The van der Waals surface area contributed by atoms with Crippen molar-refractivity contribution in [2.45, 2.75) is 12.8 Å². The van der Waals surface area contributed by atoms with Gasteiger partial charge >= 0.3 is 0 Å². The summed E-state index contributed by atoms with van der Waals surface area (Å²) in [6, 6.07) is 24.2. The van der Waals surface area contributed by atoms with E-state index in [1.54, 1.807) is 0 Å². The third-order valence-electron chi connectivity index (χ3n) is 4.45. The van der Waals surface area contributed by atoms with Crippen LogP contribution in [0.25, 0.3) is 10.8 Å². The van der Waals surface area contributed by atoms with Crippen LogP contribution in [0.4, 0.5) is 0 Å². The average Bonchev–Trinajstić information content (AvgIpc) is 3.17. The first-order valence-electron chi connectivity index (χ1n) is 8.69. The van der Waals surface area contributed by atoms with Gasteiger partial charge in [-0.2, -0.15) is 0 Å². The fraction of sp³-hybridized carbons (Fsp3) is 0.0833. The molecule has 3 aromatic carbocycles. The molecule has 126 valence electrons. The Morgan fingerprint density at radius 3 is 2.54 bits per heavy atom. The first kappa shape index (κ1) is 16.1. The molecule has 2 heteroatoms. The van der Waals surface area contributed by atoms with E-state index in [9.17, 15) is 5.11 Å². The zero-order chi connectivity index (χ0) is 17.8. The van der Waals surface area contributed by atoms with Crippen molar-refractivity contribution in [1.29, 1.82) is 0 Å². The van der Waals surface area contributed by atoms with Crippen molar-refractivity contribution in [3.8, 4) is 17.6 Å². The van der Waals surface area contributed by atoms with Gasteiger partial charge in [-0.15, -0.1) is 0 Å². The van der Waals surface area contributed by atoms with Crippen molar-refractivity contribution in [1.82, 2.24) is 4.98 Å². The lowest BCUT2D eigenvalue weighted by Gasteiger charge is -2.08. The molecule has 4 aromatic rings. The van der Waals surface area contributed by atoms with Gasteiger partial charge in [-0.1, -0.05) is 48.2 Å².